The molecule has 1 rings (SSSR count). The molecule has 0 spiro atoms. The van der Waals surface area contributed by atoms with E-state index in [2.05, 4.69) is 39.0 Å². The van der Waals surface area contributed by atoms with Gasteiger partial charge in [-0.3, -0.25) is 4.57 Å². The van der Waals surface area contributed by atoms with E-state index in [0.29, 0.717) is 6.61 Å². The third-order valence-electron chi connectivity index (χ3n) is 3.01. The summed E-state index contributed by atoms with van der Waals surface area (Å²) in [6.07, 6.45) is 2.22. The quantitative estimate of drug-likeness (QED) is 0.198. The number of thioether (sulfide) groups is 1. The second-order valence-electron chi connectivity index (χ2n) is 4.64. The molecule has 0 saturated carbocycles. The maximum atomic E-state index is 12.7. The Morgan fingerprint density at radius 2 is 1.95 bits per heavy atom. The van der Waals surface area contributed by atoms with Gasteiger partial charge in [-0.25, -0.2) is 0 Å². The average molecular weight is 365 g/mol. The van der Waals surface area contributed by atoms with Gasteiger partial charge in [-0.15, -0.1) is 11.8 Å². The molecule has 21 heavy (non-hydrogen) atoms. The van der Waals surface area contributed by atoms with E-state index in [1.54, 1.807) is 11.8 Å². The Balaban J connectivity index is 2.53. The van der Waals surface area contributed by atoms with Gasteiger partial charge in [0.15, 0.2) is 0 Å². The lowest BCUT2D eigenvalue weighted by Crippen LogP contribution is -1.87. The summed E-state index contributed by atoms with van der Waals surface area (Å²) in [6.45, 7) is 8.83. The minimum absolute atomic E-state index is 0.511. The molecule has 6 heteroatoms. The summed E-state index contributed by atoms with van der Waals surface area (Å²) >= 11 is 4.72. The van der Waals surface area contributed by atoms with Gasteiger partial charge in [-0.2, -0.15) is 0 Å². The number of benzene rings is 1. The molecule has 0 heterocycles. The number of hydrogen-bond acceptors (Lipinski definition) is 5. The SMILES string of the molecule is CCCCSP(=O)(OCC)SCSc1cccc(C)c1C. The summed E-state index contributed by atoms with van der Waals surface area (Å²) in [5.74, 6) is -1.69. The lowest BCUT2D eigenvalue weighted by atomic mass is 10.1. The fourth-order valence-electron chi connectivity index (χ4n) is 1.63. The van der Waals surface area contributed by atoms with Crippen molar-refractivity contribution in [3.63, 3.8) is 0 Å². The van der Waals surface area contributed by atoms with Gasteiger partial charge in [-0.1, -0.05) is 36.9 Å². The summed E-state index contributed by atoms with van der Waals surface area (Å²) in [5, 5.41) is 0.765. The maximum Gasteiger partial charge on any atom is 0.313 e. The molecule has 0 N–H and O–H groups in total. The third-order valence-corrected chi connectivity index (χ3v) is 12.3. The lowest BCUT2D eigenvalue weighted by Gasteiger charge is -2.16. The molecule has 1 atom stereocenters. The van der Waals surface area contributed by atoms with Gasteiger partial charge in [0.1, 0.15) is 0 Å². The summed E-state index contributed by atoms with van der Waals surface area (Å²) in [6, 6.07) is 6.33. The molecule has 0 radical (unpaired) electrons. The zero-order chi connectivity index (χ0) is 15.7. The van der Waals surface area contributed by atoms with E-state index >= 15 is 0 Å². The summed E-state index contributed by atoms with van der Waals surface area (Å²) in [5.41, 5.74) is 2.61. The molecular weight excluding hydrogens is 339 g/mol. The van der Waals surface area contributed by atoms with Crippen molar-refractivity contribution in [1.29, 1.82) is 0 Å². The molecule has 1 aromatic carbocycles. The van der Waals surface area contributed by atoms with Gasteiger partial charge >= 0.3 is 5.77 Å². The first-order valence-electron chi connectivity index (χ1n) is 7.25. The van der Waals surface area contributed by atoms with Crippen LogP contribution in [0.5, 0.6) is 0 Å². The monoisotopic (exact) mass is 364 g/mol. The predicted molar refractivity (Wildman–Crippen MR) is 101 cm³/mol. The third kappa shape index (κ3) is 7.04. The minimum atomic E-state index is -2.60. The molecule has 2 nitrogen and oxygen atoms in total. The fourth-order valence-corrected chi connectivity index (χ4v) is 11.1. The van der Waals surface area contributed by atoms with Crippen molar-refractivity contribution < 1.29 is 9.09 Å². The van der Waals surface area contributed by atoms with Crippen molar-refractivity contribution in [2.75, 3.05) is 17.4 Å². The van der Waals surface area contributed by atoms with Crippen molar-refractivity contribution in [2.24, 2.45) is 0 Å². The van der Waals surface area contributed by atoms with Crippen molar-refractivity contribution in [1.82, 2.24) is 0 Å². The highest BCUT2D eigenvalue weighted by molar-refractivity contribution is 8.89. The molecule has 1 unspecified atom stereocenters. The van der Waals surface area contributed by atoms with Crippen molar-refractivity contribution >= 4 is 40.3 Å². The summed E-state index contributed by atoms with van der Waals surface area (Å²) < 4.78 is 18.3. The van der Waals surface area contributed by atoms with Gasteiger partial charge in [0.05, 0.1) is 11.7 Å². The molecule has 0 bridgehead atoms. The van der Waals surface area contributed by atoms with Crippen LogP contribution in [0, 0.1) is 13.8 Å². The van der Waals surface area contributed by atoms with Gasteiger partial charge < -0.3 is 4.52 Å². The Labute approximate surface area is 141 Å². The van der Waals surface area contributed by atoms with Crippen molar-refractivity contribution in [3.8, 4) is 0 Å². The van der Waals surface area contributed by atoms with Crippen LogP contribution in [0.4, 0.5) is 0 Å². The Morgan fingerprint density at radius 1 is 1.19 bits per heavy atom. The first kappa shape index (κ1) is 19.5. The van der Waals surface area contributed by atoms with Crippen molar-refractivity contribution in [3.05, 3.63) is 29.3 Å². The number of hydrogen-bond donors (Lipinski definition) is 0. The molecular formula is C15H25O2PS3. The average Bonchev–Trinajstić information content (AvgIpc) is 2.44. The fraction of sp³-hybridized carbons (Fsp3) is 0.600. The Morgan fingerprint density at radius 3 is 2.62 bits per heavy atom. The summed E-state index contributed by atoms with van der Waals surface area (Å²) in [7, 11) is 0. The smallest absolute Gasteiger partial charge is 0.313 e. The molecule has 0 aliphatic heterocycles. The van der Waals surface area contributed by atoms with Crippen LogP contribution in [0.2, 0.25) is 0 Å². The molecule has 1 aromatic rings. The summed E-state index contributed by atoms with van der Waals surface area (Å²) in [4.78, 5) is 1.27. The van der Waals surface area contributed by atoms with E-state index < -0.39 is 5.77 Å². The van der Waals surface area contributed by atoms with Crippen molar-refractivity contribution in [2.45, 2.75) is 45.4 Å². The maximum absolute atomic E-state index is 12.7. The Kier molecular flexibility index (Phi) is 9.54. The van der Waals surface area contributed by atoms with Gasteiger partial charge in [-0.05, 0) is 55.8 Å². The first-order chi connectivity index (χ1) is 10.0. The van der Waals surface area contributed by atoms with Crippen LogP contribution in [-0.4, -0.2) is 17.4 Å². The largest absolute Gasteiger partial charge is 0.314 e. The van der Waals surface area contributed by atoms with E-state index in [1.165, 1.54) is 38.8 Å². The lowest BCUT2D eigenvalue weighted by molar-refractivity contribution is 0.357. The van der Waals surface area contributed by atoms with Crippen LogP contribution in [0.15, 0.2) is 23.1 Å². The van der Waals surface area contributed by atoms with E-state index in [4.69, 9.17) is 4.52 Å². The van der Waals surface area contributed by atoms with E-state index in [0.717, 1.165) is 23.7 Å². The van der Waals surface area contributed by atoms with Crippen LogP contribution >= 0.6 is 40.3 Å². The van der Waals surface area contributed by atoms with E-state index in [-0.39, 0.29) is 0 Å². The zero-order valence-electron chi connectivity index (χ0n) is 13.3. The van der Waals surface area contributed by atoms with Gasteiger partial charge in [0.2, 0.25) is 0 Å². The molecule has 0 fully saturated rings. The first-order valence-corrected chi connectivity index (χ1v) is 13.0. The number of aryl methyl sites for hydroxylation is 1. The van der Waals surface area contributed by atoms with Crippen LogP contribution in [0.25, 0.3) is 0 Å². The van der Waals surface area contributed by atoms with Crippen LogP contribution in [0.3, 0.4) is 0 Å². The van der Waals surface area contributed by atoms with Gasteiger partial charge in [0, 0.05) is 10.6 Å². The minimum Gasteiger partial charge on any atom is -0.314 e. The Hall–Kier alpha value is 0.460. The molecule has 120 valence electrons. The molecule has 0 saturated heterocycles. The molecule has 0 aromatic heterocycles. The predicted octanol–water partition coefficient (Wildman–Crippen LogP) is 6.76. The topological polar surface area (TPSA) is 26.3 Å². The highest BCUT2D eigenvalue weighted by Crippen LogP contribution is 2.70. The number of rotatable bonds is 10. The van der Waals surface area contributed by atoms with Crippen LogP contribution in [0.1, 0.15) is 37.8 Å². The molecule has 0 amide bonds. The second-order valence-corrected chi connectivity index (χ2v) is 13.5. The highest BCUT2D eigenvalue weighted by Gasteiger charge is 2.24. The zero-order valence-corrected chi connectivity index (χ0v) is 16.6. The number of unbranched alkanes of at least 4 members (excludes halogenated alkanes) is 1. The van der Waals surface area contributed by atoms with E-state index in [9.17, 15) is 4.57 Å². The van der Waals surface area contributed by atoms with Crippen LogP contribution < -0.4 is 0 Å². The molecule has 0 aliphatic carbocycles. The standard InChI is InChI=1S/C15H25O2PS3/c1-5-7-11-20-18(16,17-6-2)21-12-19-15-10-8-9-13(3)14(15)4/h8-10H,5-7,11-12H2,1-4H3. The molecule has 0 aliphatic rings. The van der Waals surface area contributed by atoms with E-state index in [1.807, 2.05) is 6.92 Å². The highest BCUT2D eigenvalue weighted by atomic mass is 33.1. The van der Waals surface area contributed by atoms with Crippen LogP contribution in [-0.2, 0) is 9.09 Å². The van der Waals surface area contributed by atoms with Gasteiger partial charge in [0.25, 0.3) is 0 Å². The second kappa shape index (κ2) is 10.3. The Bertz CT molecular complexity index is 480. The normalized spacial score (nSPS) is 14.1.